The lowest BCUT2D eigenvalue weighted by Gasteiger charge is -2.11. The molecule has 0 radical (unpaired) electrons. The first-order chi connectivity index (χ1) is 9.79. The number of carbonyl (C=O) groups excluding carboxylic acids is 1. The molecule has 1 fully saturated rings. The number of pyridine rings is 1. The molecule has 1 heterocycles. The van der Waals surface area contributed by atoms with Crippen molar-refractivity contribution in [1.29, 1.82) is 5.26 Å². The smallest absolute Gasteiger partial charge is 0.263 e. The molecule has 1 amide bonds. The summed E-state index contributed by atoms with van der Waals surface area (Å²) < 4.78 is 0. The van der Waals surface area contributed by atoms with Gasteiger partial charge in [-0.2, -0.15) is 5.26 Å². The van der Waals surface area contributed by atoms with Gasteiger partial charge >= 0.3 is 0 Å². The average Bonchev–Trinajstić information content (AvgIpc) is 2.97. The van der Waals surface area contributed by atoms with E-state index in [1.165, 1.54) is 6.20 Å². The van der Waals surface area contributed by atoms with Gasteiger partial charge in [-0.25, -0.2) is 0 Å². The molecule has 1 aliphatic rings. The van der Waals surface area contributed by atoms with E-state index in [1.54, 1.807) is 6.20 Å². The van der Waals surface area contributed by atoms with Crippen LogP contribution in [0.2, 0.25) is 0 Å². The summed E-state index contributed by atoms with van der Waals surface area (Å²) in [6.45, 7) is 0.489. The van der Waals surface area contributed by atoms with Crippen LogP contribution < -0.4 is 10.6 Å². The Labute approximate surface area is 118 Å². The largest absolute Gasteiger partial charge is 0.384 e. The maximum atomic E-state index is 11.9. The van der Waals surface area contributed by atoms with Crippen LogP contribution in [0.3, 0.4) is 0 Å². The number of carbonyl (C=O) groups is 1. The summed E-state index contributed by atoms with van der Waals surface area (Å²) in [7, 11) is 0. The lowest BCUT2D eigenvalue weighted by molar-refractivity contribution is -0.117. The van der Waals surface area contributed by atoms with E-state index in [0.717, 1.165) is 31.4 Å². The van der Waals surface area contributed by atoms with Crippen LogP contribution >= 0.6 is 0 Å². The Morgan fingerprint density at radius 3 is 2.90 bits per heavy atom. The van der Waals surface area contributed by atoms with Crippen molar-refractivity contribution in [3.8, 4) is 6.07 Å². The minimum atomic E-state index is -0.298. The summed E-state index contributed by atoms with van der Waals surface area (Å²) in [5, 5.41) is 14.9. The number of aromatic nitrogens is 1. The van der Waals surface area contributed by atoms with Gasteiger partial charge in [0.05, 0.1) is 12.2 Å². The van der Waals surface area contributed by atoms with Gasteiger partial charge in [0.15, 0.2) is 0 Å². The fourth-order valence-corrected chi connectivity index (χ4v) is 2.24. The highest BCUT2D eigenvalue weighted by Crippen LogP contribution is 2.17. The number of amides is 1. The van der Waals surface area contributed by atoms with E-state index in [0.29, 0.717) is 6.54 Å². The van der Waals surface area contributed by atoms with Crippen LogP contribution in [0.1, 0.15) is 31.4 Å². The number of nitrogens with one attached hydrogen (secondary N) is 2. The third kappa shape index (κ3) is 4.09. The van der Waals surface area contributed by atoms with E-state index >= 15 is 0 Å². The first-order valence-corrected chi connectivity index (χ1v) is 6.84. The minimum Gasteiger partial charge on any atom is -0.384 e. The third-order valence-electron chi connectivity index (χ3n) is 3.31. The topological polar surface area (TPSA) is 77.8 Å². The van der Waals surface area contributed by atoms with Gasteiger partial charge in [-0.05, 0) is 25.0 Å². The van der Waals surface area contributed by atoms with E-state index in [1.807, 2.05) is 24.3 Å². The summed E-state index contributed by atoms with van der Waals surface area (Å²) in [4.78, 5) is 16.1. The van der Waals surface area contributed by atoms with Crippen LogP contribution in [0.25, 0.3) is 0 Å². The molecule has 2 rings (SSSR count). The molecule has 1 aromatic heterocycles. The molecule has 104 valence electrons. The zero-order valence-corrected chi connectivity index (χ0v) is 11.3. The Morgan fingerprint density at radius 2 is 2.25 bits per heavy atom. The number of nitrogens with zero attached hydrogens (tertiary/aromatic N) is 2. The van der Waals surface area contributed by atoms with Crippen LogP contribution in [0.4, 0.5) is 0 Å². The fraction of sp³-hybridized carbons (Fsp3) is 0.400. The second-order valence-electron chi connectivity index (χ2n) is 4.83. The van der Waals surface area contributed by atoms with Gasteiger partial charge in [0.25, 0.3) is 5.91 Å². The van der Waals surface area contributed by atoms with Crippen molar-refractivity contribution in [2.75, 3.05) is 0 Å². The molecule has 1 aromatic rings. The summed E-state index contributed by atoms with van der Waals surface area (Å²) in [6.07, 6.45) is 7.47. The van der Waals surface area contributed by atoms with Crippen LogP contribution in [0.15, 0.2) is 36.2 Å². The van der Waals surface area contributed by atoms with Crippen LogP contribution in [-0.2, 0) is 11.3 Å². The third-order valence-corrected chi connectivity index (χ3v) is 3.31. The predicted molar refractivity (Wildman–Crippen MR) is 75.2 cm³/mol. The van der Waals surface area contributed by atoms with E-state index < -0.39 is 0 Å². The Morgan fingerprint density at radius 1 is 1.45 bits per heavy atom. The first kappa shape index (κ1) is 14.1. The second kappa shape index (κ2) is 7.29. The van der Waals surface area contributed by atoms with Gasteiger partial charge in [0.2, 0.25) is 0 Å². The average molecular weight is 270 g/mol. The molecule has 5 heteroatoms. The first-order valence-electron chi connectivity index (χ1n) is 6.84. The highest BCUT2D eigenvalue weighted by atomic mass is 16.1. The molecule has 0 aromatic carbocycles. The van der Waals surface area contributed by atoms with Crippen LogP contribution in [0, 0.1) is 11.3 Å². The van der Waals surface area contributed by atoms with Crippen molar-refractivity contribution in [3.05, 3.63) is 41.9 Å². The van der Waals surface area contributed by atoms with Crippen LogP contribution in [0.5, 0.6) is 0 Å². The van der Waals surface area contributed by atoms with Gasteiger partial charge in [-0.3, -0.25) is 9.78 Å². The maximum absolute atomic E-state index is 11.9. The predicted octanol–water partition coefficient (Wildman–Crippen LogP) is 1.64. The quantitative estimate of drug-likeness (QED) is 0.630. The Kier molecular flexibility index (Phi) is 5.13. The normalized spacial score (nSPS) is 15.7. The summed E-state index contributed by atoms with van der Waals surface area (Å²) in [5.41, 5.74) is 0.963. The molecule has 0 saturated heterocycles. The molecule has 20 heavy (non-hydrogen) atoms. The molecule has 0 aliphatic heterocycles. The lowest BCUT2D eigenvalue weighted by atomic mass is 10.2. The molecular formula is C15H18N4O. The monoisotopic (exact) mass is 270 g/mol. The highest BCUT2D eigenvalue weighted by Gasteiger charge is 2.19. The van der Waals surface area contributed by atoms with Crippen molar-refractivity contribution < 1.29 is 4.79 Å². The number of nitriles is 1. The van der Waals surface area contributed by atoms with E-state index in [4.69, 9.17) is 5.26 Å². The Hall–Kier alpha value is -2.35. The molecule has 0 spiro atoms. The second-order valence-corrected chi connectivity index (χ2v) is 4.83. The summed E-state index contributed by atoms with van der Waals surface area (Å²) in [6, 6.07) is 7.76. The molecule has 2 N–H and O–H groups in total. The van der Waals surface area contributed by atoms with Crippen molar-refractivity contribution in [1.82, 2.24) is 15.6 Å². The number of rotatable bonds is 5. The maximum Gasteiger partial charge on any atom is 0.263 e. The Bertz CT molecular complexity index is 512. The van der Waals surface area contributed by atoms with Crippen molar-refractivity contribution in [2.45, 2.75) is 38.3 Å². The van der Waals surface area contributed by atoms with Crippen molar-refractivity contribution >= 4 is 5.91 Å². The molecular weight excluding hydrogens is 252 g/mol. The molecule has 1 aliphatic carbocycles. The molecule has 0 bridgehead atoms. The molecule has 0 unspecified atom stereocenters. The van der Waals surface area contributed by atoms with Gasteiger partial charge in [0.1, 0.15) is 11.6 Å². The highest BCUT2D eigenvalue weighted by molar-refractivity contribution is 5.97. The standard InChI is InChI=1S/C15H18N4O/c16-9-12(15(20)19-13-5-1-2-6-13)10-17-11-14-7-3-4-8-18-14/h3-4,7-8,10,13,17H,1-2,5-6,11H2,(H,19,20)/b12-10-. The van der Waals surface area contributed by atoms with E-state index in [-0.39, 0.29) is 17.5 Å². The van der Waals surface area contributed by atoms with E-state index in [9.17, 15) is 4.79 Å². The van der Waals surface area contributed by atoms with Gasteiger partial charge in [-0.15, -0.1) is 0 Å². The van der Waals surface area contributed by atoms with Gasteiger partial charge in [-0.1, -0.05) is 18.9 Å². The minimum absolute atomic E-state index is 0.104. The van der Waals surface area contributed by atoms with E-state index in [2.05, 4.69) is 15.6 Å². The van der Waals surface area contributed by atoms with Gasteiger partial charge in [0, 0.05) is 18.4 Å². The zero-order chi connectivity index (χ0) is 14.2. The molecule has 5 nitrogen and oxygen atoms in total. The molecule has 1 saturated carbocycles. The van der Waals surface area contributed by atoms with Crippen molar-refractivity contribution in [3.63, 3.8) is 0 Å². The number of hydrogen-bond donors (Lipinski definition) is 2. The Balaban J connectivity index is 1.85. The molecule has 0 atom stereocenters. The summed E-state index contributed by atoms with van der Waals surface area (Å²) in [5.74, 6) is -0.298. The zero-order valence-electron chi connectivity index (χ0n) is 11.3. The van der Waals surface area contributed by atoms with Crippen LogP contribution in [-0.4, -0.2) is 16.9 Å². The fourth-order valence-electron chi connectivity index (χ4n) is 2.24. The number of hydrogen-bond acceptors (Lipinski definition) is 4. The van der Waals surface area contributed by atoms with Crippen molar-refractivity contribution in [2.24, 2.45) is 0 Å². The summed E-state index contributed by atoms with van der Waals surface area (Å²) >= 11 is 0. The lowest BCUT2D eigenvalue weighted by Crippen LogP contribution is -2.33. The van der Waals surface area contributed by atoms with Gasteiger partial charge < -0.3 is 10.6 Å². The SMILES string of the molecule is N#C/C(=C/NCc1ccccn1)C(=O)NC1CCCC1.